The van der Waals surface area contributed by atoms with Gasteiger partial charge in [-0.25, -0.2) is 0 Å². The molecule has 0 saturated carbocycles. The van der Waals surface area contributed by atoms with E-state index in [0.717, 1.165) is 25.1 Å². The van der Waals surface area contributed by atoms with E-state index in [-0.39, 0.29) is 6.10 Å². The van der Waals surface area contributed by atoms with E-state index < -0.39 is 5.79 Å². The van der Waals surface area contributed by atoms with Crippen LogP contribution in [0.25, 0.3) is 0 Å². The van der Waals surface area contributed by atoms with Crippen LogP contribution in [0.15, 0.2) is 24.3 Å². The minimum atomic E-state index is -0.491. The number of ether oxygens (including phenoxy) is 3. The van der Waals surface area contributed by atoms with Gasteiger partial charge in [-0.3, -0.25) is 0 Å². The molecule has 1 aromatic rings. The fourth-order valence-electron chi connectivity index (χ4n) is 2.98. The number of benzene rings is 1. The molecule has 0 amide bonds. The molecule has 4 heteroatoms. The van der Waals surface area contributed by atoms with Crippen molar-refractivity contribution in [2.24, 2.45) is 11.1 Å². The maximum atomic E-state index is 5.82. The van der Waals surface area contributed by atoms with Crippen LogP contribution in [0.3, 0.4) is 0 Å². The first kappa shape index (κ1) is 19.2. The molecule has 0 aliphatic carbocycles. The number of hydrogen-bond donors (Lipinski definition) is 1. The summed E-state index contributed by atoms with van der Waals surface area (Å²) in [5.41, 5.74) is 7.32. The Hall–Kier alpha value is -1.10. The van der Waals surface area contributed by atoms with Gasteiger partial charge in [-0.1, -0.05) is 26.0 Å². The third kappa shape index (κ3) is 6.42. The van der Waals surface area contributed by atoms with E-state index in [1.54, 1.807) is 0 Å². The first-order valence-electron chi connectivity index (χ1n) is 9.03. The molecular weight excluding hydrogens is 302 g/mol. The van der Waals surface area contributed by atoms with E-state index in [9.17, 15) is 0 Å². The average molecular weight is 335 g/mol. The summed E-state index contributed by atoms with van der Waals surface area (Å²) in [5, 5.41) is 0. The Balaban J connectivity index is 1.74. The monoisotopic (exact) mass is 335 g/mol. The minimum absolute atomic E-state index is 0.00280. The summed E-state index contributed by atoms with van der Waals surface area (Å²) >= 11 is 0. The minimum Gasteiger partial charge on any atom is -0.491 e. The lowest BCUT2D eigenvalue weighted by Crippen LogP contribution is -2.25. The van der Waals surface area contributed by atoms with Crippen molar-refractivity contribution < 1.29 is 14.2 Å². The van der Waals surface area contributed by atoms with Crippen LogP contribution in [0.4, 0.5) is 0 Å². The average Bonchev–Trinajstić information content (AvgIpc) is 2.89. The molecular formula is C20H33NO3. The quantitative estimate of drug-likeness (QED) is 0.743. The highest BCUT2D eigenvalue weighted by Crippen LogP contribution is 2.29. The first-order valence-corrected chi connectivity index (χ1v) is 9.03. The van der Waals surface area contributed by atoms with Crippen LogP contribution < -0.4 is 10.5 Å². The van der Waals surface area contributed by atoms with Crippen LogP contribution in [0.5, 0.6) is 5.75 Å². The van der Waals surface area contributed by atoms with E-state index in [1.807, 2.05) is 26.0 Å². The van der Waals surface area contributed by atoms with Crippen molar-refractivity contribution in [2.75, 3.05) is 19.8 Å². The third-order valence-corrected chi connectivity index (χ3v) is 4.57. The molecule has 1 aromatic carbocycles. The number of hydrogen-bond acceptors (Lipinski definition) is 4. The van der Waals surface area contributed by atoms with Crippen LogP contribution in [0.2, 0.25) is 0 Å². The summed E-state index contributed by atoms with van der Waals surface area (Å²) in [6.07, 6.45) is 4.55. The lowest BCUT2D eigenvalue weighted by molar-refractivity contribution is -0.141. The molecule has 1 aliphatic rings. The predicted molar refractivity (Wildman–Crippen MR) is 97.2 cm³/mol. The Labute approximate surface area is 146 Å². The van der Waals surface area contributed by atoms with Crippen LogP contribution >= 0.6 is 0 Å². The van der Waals surface area contributed by atoms with Gasteiger partial charge in [-0.05, 0) is 69.2 Å². The van der Waals surface area contributed by atoms with E-state index in [2.05, 4.69) is 26.0 Å². The second-order valence-corrected chi connectivity index (χ2v) is 7.96. The van der Waals surface area contributed by atoms with E-state index >= 15 is 0 Å². The first-order chi connectivity index (χ1) is 11.3. The van der Waals surface area contributed by atoms with Crippen LogP contribution in [0.1, 0.15) is 52.5 Å². The number of aryl methyl sites for hydroxylation is 1. The zero-order valence-electron chi connectivity index (χ0n) is 15.6. The normalized spacial score (nSPS) is 20.3. The van der Waals surface area contributed by atoms with E-state index in [1.165, 1.54) is 18.4 Å². The van der Waals surface area contributed by atoms with Gasteiger partial charge in [0.15, 0.2) is 5.79 Å². The van der Waals surface area contributed by atoms with Crippen molar-refractivity contribution >= 4 is 0 Å². The van der Waals surface area contributed by atoms with Crippen molar-refractivity contribution in [1.82, 2.24) is 0 Å². The Bertz CT molecular complexity index is 496. The molecule has 24 heavy (non-hydrogen) atoms. The highest BCUT2D eigenvalue weighted by molar-refractivity contribution is 5.27. The molecule has 4 nitrogen and oxygen atoms in total. The van der Waals surface area contributed by atoms with Gasteiger partial charge in [0, 0.05) is 0 Å². The van der Waals surface area contributed by atoms with Gasteiger partial charge < -0.3 is 19.9 Å². The van der Waals surface area contributed by atoms with Crippen molar-refractivity contribution in [3.05, 3.63) is 29.8 Å². The molecule has 136 valence electrons. The fourth-order valence-corrected chi connectivity index (χ4v) is 2.98. The zero-order valence-corrected chi connectivity index (χ0v) is 15.6. The molecule has 2 N–H and O–H groups in total. The Morgan fingerprint density at radius 2 is 1.92 bits per heavy atom. The van der Waals surface area contributed by atoms with Crippen molar-refractivity contribution in [2.45, 2.75) is 65.3 Å². The zero-order chi connectivity index (χ0) is 17.6. The molecule has 1 fully saturated rings. The molecule has 0 radical (unpaired) electrons. The van der Waals surface area contributed by atoms with Crippen LogP contribution in [-0.2, 0) is 15.9 Å². The van der Waals surface area contributed by atoms with Crippen LogP contribution in [-0.4, -0.2) is 31.6 Å². The SMILES string of the molecule is CC(C)(CCCN)CCc1ccc(OC[C@@H]2COC(C)(C)O2)cc1. The summed E-state index contributed by atoms with van der Waals surface area (Å²) < 4.78 is 17.1. The molecule has 1 atom stereocenters. The summed E-state index contributed by atoms with van der Waals surface area (Å²) in [6.45, 7) is 10.4. The second-order valence-electron chi connectivity index (χ2n) is 7.96. The van der Waals surface area contributed by atoms with Crippen molar-refractivity contribution in [1.29, 1.82) is 0 Å². The highest BCUT2D eigenvalue weighted by atomic mass is 16.7. The molecule has 0 unspecified atom stereocenters. The third-order valence-electron chi connectivity index (χ3n) is 4.57. The van der Waals surface area contributed by atoms with Gasteiger partial charge >= 0.3 is 0 Å². The lowest BCUT2D eigenvalue weighted by Gasteiger charge is -2.24. The van der Waals surface area contributed by atoms with Gasteiger partial charge in [0.2, 0.25) is 0 Å². The molecule has 0 aromatic heterocycles. The predicted octanol–water partition coefficient (Wildman–Crippen LogP) is 3.91. The second kappa shape index (κ2) is 8.32. The molecule has 1 heterocycles. The van der Waals surface area contributed by atoms with Gasteiger partial charge in [-0.15, -0.1) is 0 Å². The molecule has 0 bridgehead atoms. The number of nitrogens with two attached hydrogens (primary N) is 1. The Morgan fingerprint density at radius 1 is 1.21 bits per heavy atom. The Kier molecular flexibility index (Phi) is 6.67. The van der Waals surface area contributed by atoms with E-state index in [4.69, 9.17) is 19.9 Å². The molecule has 0 spiro atoms. The lowest BCUT2D eigenvalue weighted by atomic mass is 9.82. The Morgan fingerprint density at radius 3 is 2.50 bits per heavy atom. The smallest absolute Gasteiger partial charge is 0.163 e. The van der Waals surface area contributed by atoms with Gasteiger partial charge in [-0.2, -0.15) is 0 Å². The van der Waals surface area contributed by atoms with Crippen molar-refractivity contribution in [3.63, 3.8) is 0 Å². The summed E-state index contributed by atoms with van der Waals surface area (Å²) in [6, 6.07) is 8.40. The largest absolute Gasteiger partial charge is 0.491 e. The van der Waals surface area contributed by atoms with Gasteiger partial charge in [0.05, 0.1) is 6.61 Å². The molecule has 1 aliphatic heterocycles. The summed E-state index contributed by atoms with van der Waals surface area (Å²) in [5.74, 6) is 0.392. The topological polar surface area (TPSA) is 53.7 Å². The fraction of sp³-hybridized carbons (Fsp3) is 0.700. The highest BCUT2D eigenvalue weighted by Gasteiger charge is 2.32. The number of rotatable bonds is 9. The standard InChI is InChI=1S/C20H33NO3/c1-19(2,11-5-13-21)12-10-16-6-8-17(9-7-16)22-14-18-15-23-20(3,4)24-18/h6-9,18H,5,10-15,21H2,1-4H3/t18-/m1/s1. The molecule has 1 saturated heterocycles. The summed E-state index contributed by atoms with van der Waals surface area (Å²) in [7, 11) is 0. The van der Waals surface area contributed by atoms with E-state index in [0.29, 0.717) is 18.6 Å². The maximum absolute atomic E-state index is 5.82. The summed E-state index contributed by atoms with van der Waals surface area (Å²) in [4.78, 5) is 0. The van der Waals surface area contributed by atoms with Gasteiger partial charge in [0.25, 0.3) is 0 Å². The van der Waals surface area contributed by atoms with Gasteiger partial charge in [0.1, 0.15) is 18.5 Å². The van der Waals surface area contributed by atoms with Crippen molar-refractivity contribution in [3.8, 4) is 5.75 Å². The molecule has 2 rings (SSSR count). The maximum Gasteiger partial charge on any atom is 0.163 e. The van der Waals surface area contributed by atoms with Crippen LogP contribution in [0, 0.1) is 5.41 Å².